The van der Waals surface area contributed by atoms with Crippen molar-refractivity contribution >= 4 is 63.8 Å². The Morgan fingerprint density at radius 3 is 2.55 bits per heavy atom. The molecule has 210 valence electrons. The number of nitrogens with one attached hydrogen (secondary N) is 2. The van der Waals surface area contributed by atoms with E-state index >= 15 is 0 Å². The van der Waals surface area contributed by atoms with Crippen molar-refractivity contribution < 1.29 is 39.0 Å². The first-order chi connectivity index (χ1) is 18.9. The summed E-state index contributed by atoms with van der Waals surface area (Å²) in [4.78, 5) is 75.8. The number of aromatic nitrogens is 3. The van der Waals surface area contributed by atoms with Gasteiger partial charge in [-0.3, -0.25) is 24.3 Å². The van der Waals surface area contributed by atoms with E-state index in [0.29, 0.717) is 11.1 Å². The van der Waals surface area contributed by atoms with Crippen LogP contribution in [0.15, 0.2) is 41.0 Å². The van der Waals surface area contributed by atoms with Gasteiger partial charge in [0.2, 0.25) is 17.1 Å². The Morgan fingerprint density at radius 2 is 1.95 bits per heavy atom. The molecule has 2 aromatic rings. The molecular weight excluding hydrogens is 568 g/mol. The van der Waals surface area contributed by atoms with Crippen molar-refractivity contribution in [2.45, 2.75) is 30.9 Å². The van der Waals surface area contributed by atoms with Gasteiger partial charge in [0.25, 0.3) is 17.7 Å². The molecule has 0 aliphatic carbocycles. The summed E-state index contributed by atoms with van der Waals surface area (Å²) in [6.07, 6.45) is 2.89. The monoisotopic (exact) mass is 590 g/mol. The van der Waals surface area contributed by atoms with Gasteiger partial charge in [0.1, 0.15) is 17.1 Å². The van der Waals surface area contributed by atoms with Crippen LogP contribution in [0, 0.1) is 0 Å². The lowest BCUT2D eigenvalue weighted by Gasteiger charge is -2.49. The lowest BCUT2D eigenvalue weighted by atomic mass is 10.0. The summed E-state index contributed by atoms with van der Waals surface area (Å²) in [6, 6.07) is 1.86. The molecule has 0 radical (unpaired) electrons. The molecule has 2 aromatic heterocycles. The van der Waals surface area contributed by atoms with Crippen LogP contribution in [0.1, 0.15) is 30.0 Å². The number of pyridine rings is 1. The van der Waals surface area contributed by atoms with Gasteiger partial charge in [-0.25, -0.2) is 9.59 Å². The summed E-state index contributed by atoms with van der Waals surface area (Å²) >= 11 is 1.94. The third-order valence-corrected chi connectivity index (χ3v) is 7.57. The van der Waals surface area contributed by atoms with Crippen molar-refractivity contribution in [1.29, 1.82) is 0 Å². The van der Waals surface area contributed by atoms with Gasteiger partial charge in [0.15, 0.2) is 5.13 Å². The number of rotatable bonds is 10. The summed E-state index contributed by atoms with van der Waals surface area (Å²) in [5, 5.41) is 27.1. The van der Waals surface area contributed by atoms with Gasteiger partial charge in [-0.15, -0.1) is 11.8 Å². The van der Waals surface area contributed by atoms with Gasteiger partial charge in [-0.2, -0.15) is 9.36 Å². The van der Waals surface area contributed by atoms with E-state index in [1.807, 2.05) is 0 Å². The minimum Gasteiger partial charge on any atom is -0.478 e. The molecule has 0 saturated carbocycles. The van der Waals surface area contributed by atoms with Gasteiger partial charge in [-0.05, 0) is 31.6 Å². The van der Waals surface area contributed by atoms with E-state index in [4.69, 9.17) is 10.6 Å². The topological polar surface area (TPSA) is 239 Å². The lowest BCUT2D eigenvalue weighted by Crippen LogP contribution is -2.71. The minimum absolute atomic E-state index is 0.00140. The second-order valence-electron chi connectivity index (χ2n) is 8.84. The maximum absolute atomic E-state index is 13.1. The van der Waals surface area contributed by atoms with E-state index in [0.717, 1.165) is 16.4 Å². The number of fused-ring (bicyclic) bond motifs is 1. The van der Waals surface area contributed by atoms with Crippen LogP contribution >= 0.6 is 23.3 Å². The highest BCUT2D eigenvalue weighted by molar-refractivity contribution is 8.00. The van der Waals surface area contributed by atoms with Crippen molar-refractivity contribution in [2.24, 2.45) is 5.16 Å². The molecule has 4 heterocycles. The molecule has 4 rings (SSSR count). The second kappa shape index (κ2) is 11.3. The molecule has 18 heteroatoms. The molecule has 1 unspecified atom stereocenters. The van der Waals surface area contributed by atoms with Crippen molar-refractivity contribution in [3.05, 3.63) is 47.2 Å². The number of carboxylic acid groups (broad SMARTS) is 2. The Kier molecular flexibility index (Phi) is 8.01. The molecule has 0 bridgehead atoms. The molecule has 2 aliphatic heterocycles. The van der Waals surface area contributed by atoms with Crippen LogP contribution < -0.4 is 16.4 Å². The van der Waals surface area contributed by atoms with Crippen molar-refractivity contribution in [3.63, 3.8) is 0 Å². The molecular formula is C22H22N8O8S2. The molecule has 1 fully saturated rings. The largest absolute Gasteiger partial charge is 0.478 e. The fourth-order valence-electron chi connectivity index (χ4n) is 3.54. The summed E-state index contributed by atoms with van der Waals surface area (Å²) in [7, 11) is 0. The number of hydrogen-bond acceptors (Lipinski definition) is 13. The number of aliphatic carboxylic acids is 2. The second-order valence-corrected chi connectivity index (χ2v) is 10.7. The highest BCUT2D eigenvalue weighted by Gasteiger charge is 2.54. The Morgan fingerprint density at radius 1 is 1.25 bits per heavy atom. The molecule has 3 amide bonds. The zero-order chi connectivity index (χ0) is 29.2. The van der Waals surface area contributed by atoms with Gasteiger partial charge in [0, 0.05) is 41.8 Å². The van der Waals surface area contributed by atoms with Crippen LogP contribution in [0.5, 0.6) is 0 Å². The Hall–Kier alpha value is -4.58. The highest BCUT2D eigenvalue weighted by Crippen LogP contribution is 2.40. The van der Waals surface area contributed by atoms with Crippen molar-refractivity contribution in [3.8, 4) is 0 Å². The number of carboxylic acids is 2. The van der Waals surface area contributed by atoms with Gasteiger partial charge < -0.3 is 31.4 Å². The molecule has 2 atom stereocenters. The standard InChI is InChI=1S/C22H22N8O8S2/c1-22(2,20(36)37)38-28-11(14-27-21(23)40-29-14)16(32)26-12-17(33)30-13(19(34)35)10(8-39-18(12)30)7-25-15(31)9-3-5-24-6-4-9/h3-6,12,18H,7-8H2,1-2H3,(H,25,31)(H,26,32)(H,34,35)(H,36,37)(H2,23,27,29)/t12?,18-/m0/s1. The molecule has 40 heavy (non-hydrogen) atoms. The van der Waals surface area contributed by atoms with E-state index < -0.39 is 52.4 Å². The SMILES string of the molecule is CC(C)(ON=C(C(=O)NC1C(=O)N2C(C(=O)O)=C(CNC(=O)c3ccncc3)CS[C@@H]12)c1nsc(N)n1)C(=O)O. The van der Waals surface area contributed by atoms with Crippen LogP contribution in [0.2, 0.25) is 0 Å². The Bertz CT molecular complexity index is 1440. The first-order valence-electron chi connectivity index (χ1n) is 11.4. The molecule has 16 nitrogen and oxygen atoms in total. The number of carbonyl (C=O) groups is 5. The number of hydrogen-bond donors (Lipinski definition) is 5. The fraction of sp³-hybridized carbons (Fsp3) is 0.318. The van der Waals surface area contributed by atoms with Crippen LogP contribution in [0.3, 0.4) is 0 Å². The third kappa shape index (κ3) is 5.71. The zero-order valence-electron chi connectivity index (χ0n) is 20.9. The predicted octanol–water partition coefficient (Wildman–Crippen LogP) is -0.732. The van der Waals surface area contributed by atoms with Crippen molar-refractivity contribution in [1.82, 2.24) is 29.9 Å². The zero-order valence-corrected chi connectivity index (χ0v) is 22.5. The van der Waals surface area contributed by atoms with Gasteiger partial charge >= 0.3 is 11.9 Å². The Labute approximate surface area is 233 Å². The molecule has 0 aromatic carbocycles. The van der Waals surface area contributed by atoms with Crippen molar-refractivity contribution in [2.75, 3.05) is 18.0 Å². The van der Waals surface area contributed by atoms with Gasteiger partial charge in [-0.1, -0.05) is 5.16 Å². The van der Waals surface area contributed by atoms with Crippen LogP contribution in [-0.4, -0.2) is 94.1 Å². The number of β-lactam (4-membered cyclic amide) rings is 1. The number of amides is 3. The molecule has 0 spiro atoms. The fourth-order valence-corrected chi connectivity index (χ4v) is 5.32. The predicted molar refractivity (Wildman–Crippen MR) is 140 cm³/mol. The summed E-state index contributed by atoms with van der Waals surface area (Å²) in [6.45, 7) is 2.30. The number of carbonyl (C=O) groups excluding carboxylic acids is 3. The van der Waals surface area contributed by atoms with E-state index in [2.05, 4.69) is 30.1 Å². The maximum atomic E-state index is 13.1. The first-order valence-corrected chi connectivity index (χ1v) is 13.2. The number of nitrogens with zero attached hydrogens (tertiary/aromatic N) is 5. The lowest BCUT2D eigenvalue weighted by molar-refractivity contribution is -0.161. The Balaban J connectivity index is 1.50. The number of nitrogens with two attached hydrogens (primary N) is 1. The molecule has 1 saturated heterocycles. The van der Waals surface area contributed by atoms with E-state index in [-0.39, 0.29) is 29.0 Å². The van der Waals surface area contributed by atoms with Crippen LogP contribution in [0.4, 0.5) is 5.13 Å². The number of oxime groups is 1. The smallest absolute Gasteiger partial charge is 0.352 e. The quantitative estimate of drug-likeness (QED) is 0.130. The summed E-state index contributed by atoms with van der Waals surface area (Å²) in [5.41, 5.74) is 3.62. The number of nitrogen functional groups attached to an aromatic ring is 1. The summed E-state index contributed by atoms with van der Waals surface area (Å²) in [5.74, 6) is -4.94. The maximum Gasteiger partial charge on any atom is 0.352 e. The first kappa shape index (κ1) is 28.4. The van der Waals surface area contributed by atoms with E-state index in [1.54, 1.807) is 0 Å². The minimum atomic E-state index is -1.81. The average molecular weight is 591 g/mol. The van der Waals surface area contributed by atoms with Gasteiger partial charge in [0.05, 0.1) is 0 Å². The average Bonchev–Trinajstić information content (AvgIpc) is 3.35. The van der Waals surface area contributed by atoms with Crippen LogP contribution in [-0.2, 0) is 24.0 Å². The summed E-state index contributed by atoms with van der Waals surface area (Å²) < 4.78 is 3.90. The van der Waals surface area contributed by atoms with Crippen LogP contribution in [0.25, 0.3) is 0 Å². The number of thioether (sulfide) groups is 1. The number of anilines is 1. The molecule has 2 aliphatic rings. The third-order valence-electron chi connectivity index (χ3n) is 5.69. The van der Waals surface area contributed by atoms with E-state index in [9.17, 15) is 34.2 Å². The normalized spacial score (nSPS) is 18.9. The molecule has 6 N–H and O–H groups in total. The van der Waals surface area contributed by atoms with E-state index in [1.165, 1.54) is 50.1 Å². The highest BCUT2D eigenvalue weighted by atomic mass is 32.2.